The normalized spacial score (nSPS) is 25.1. The number of hydrogen-bond acceptors (Lipinski definition) is 1. The summed E-state index contributed by atoms with van der Waals surface area (Å²) in [7, 11) is 0. The van der Waals surface area contributed by atoms with E-state index in [1.165, 1.54) is 0 Å². The molecule has 1 N–H and O–H groups in total. The maximum absolute atomic E-state index is 11.1. The smallest absolute Gasteiger partial charge is 0.256 e. The molecule has 11 heavy (non-hydrogen) atoms. The summed E-state index contributed by atoms with van der Waals surface area (Å²) >= 11 is 11.5. The standard InChI is InChI=1S/C7H11Cl2NO/c8-7(9)4-2-1-3-5-10-6(7)11/h1-5H2,(H,10,11). The Morgan fingerprint density at radius 3 is 2.73 bits per heavy atom. The number of alkyl halides is 2. The predicted molar refractivity (Wildman–Crippen MR) is 45.9 cm³/mol. The number of hydrogen-bond donors (Lipinski definition) is 1. The van der Waals surface area contributed by atoms with E-state index in [9.17, 15) is 4.79 Å². The molecule has 1 aliphatic rings. The lowest BCUT2D eigenvalue weighted by Crippen LogP contribution is -2.40. The van der Waals surface area contributed by atoms with Crippen molar-refractivity contribution in [1.29, 1.82) is 0 Å². The fourth-order valence-corrected chi connectivity index (χ4v) is 1.49. The highest BCUT2D eigenvalue weighted by Gasteiger charge is 2.33. The summed E-state index contributed by atoms with van der Waals surface area (Å²) in [5, 5.41) is 2.67. The number of amides is 1. The van der Waals surface area contributed by atoms with E-state index in [1.807, 2.05) is 0 Å². The second kappa shape index (κ2) is 3.63. The van der Waals surface area contributed by atoms with Gasteiger partial charge < -0.3 is 5.32 Å². The van der Waals surface area contributed by atoms with Crippen LogP contribution in [-0.2, 0) is 4.79 Å². The summed E-state index contributed by atoms with van der Waals surface area (Å²) in [4.78, 5) is 11.1. The molecule has 0 aromatic carbocycles. The van der Waals surface area contributed by atoms with Crippen molar-refractivity contribution >= 4 is 29.1 Å². The van der Waals surface area contributed by atoms with Gasteiger partial charge in [-0.15, -0.1) is 0 Å². The van der Waals surface area contributed by atoms with Crippen LogP contribution in [0.4, 0.5) is 0 Å². The third kappa shape index (κ3) is 2.53. The molecule has 1 heterocycles. The summed E-state index contributed by atoms with van der Waals surface area (Å²) < 4.78 is -1.19. The summed E-state index contributed by atoms with van der Waals surface area (Å²) in [6.07, 6.45) is 3.60. The van der Waals surface area contributed by atoms with Crippen LogP contribution in [0.3, 0.4) is 0 Å². The van der Waals surface area contributed by atoms with Crippen LogP contribution in [0.5, 0.6) is 0 Å². The molecule has 0 aliphatic carbocycles. The van der Waals surface area contributed by atoms with E-state index in [2.05, 4.69) is 5.32 Å². The van der Waals surface area contributed by atoms with Crippen molar-refractivity contribution in [3.05, 3.63) is 0 Å². The summed E-state index contributed by atoms with van der Waals surface area (Å²) in [6.45, 7) is 0.694. The molecule has 0 radical (unpaired) electrons. The molecule has 0 aromatic rings. The minimum Gasteiger partial charge on any atom is -0.353 e. The molecule has 64 valence electrons. The molecule has 1 rings (SSSR count). The Morgan fingerprint density at radius 1 is 1.27 bits per heavy atom. The Labute approximate surface area is 76.2 Å². The van der Waals surface area contributed by atoms with Crippen molar-refractivity contribution in [2.24, 2.45) is 0 Å². The lowest BCUT2D eigenvalue weighted by Gasteiger charge is -2.21. The van der Waals surface area contributed by atoms with E-state index >= 15 is 0 Å². The number of carbonyl (C=O) groups is 1. The van der Waals surface area contributed by atoms with Crippen molar-refractivity contribution in [3.8, 4) is 0 Å². The molecule has 1 saturated heterocycles. The van der Waals surface area contributed by atoms with E-state index in [4.69, 9.17) is 23.2 Å². The van der Waals surface area contributed by atoms with Crippen LogP contribution in [-0.4, -0.2) is 16.8 Å². The highest BCUT2D eigenvalue weighted by Crippen LogP contribution is 2.29. The summed E-state index contributed by atoms with van der Waals surface area (Å²) in [6, 6.07) is 0. The fraction of sp³-hybridized carbons (Fsp3) is 0.857. The van der Waals surface area contributed by atoms with Crippen molar-refractivity contribution in [2.75, 3.05) is 6.54 Å². The third-order valence-corrected chi connectivity index (χ3v) is 2.51. The summed E-state index contributed by atoms with van der Waals surface area (Å²) in [5.41, 5.74) is 0. The Morgan fingerprint density at radius 2 is 2.00 bits per heavy atom. The molecule has 0 saturated carbocycles. The Bertz CT molecular complexity index is 159. The Kier molecular flexibility index (Phi) is 3.02. The first-order valence-corrected chi connectivity index (χ1v) is 4.55. The third-order valence-electron chi connectivity index (χ3n) is 1.79. The van der Waals surface area contributed by atoms with Crippen LogP contribution < -0.4 is 5.32 Å². The predicted octanol–water partition coefficient (Wildman–Crippen LogP) is 1.85. The van der Waals surface area contributed by atoms with Gasteiger partial charge in [0.2, 0.25) is 0 Å². The van der Waals surface area contributed by atoms with Gasteiger partial charge in [-0.3, -0.25) is 4.79 Å². The van der Waals surface area contributed by atoms with Crippen LogP contribution in [0.15, 0.2) is 0 Å². The molecule has 0 atom stereocenters. The first kappa shape index (κ1) is 9.14. The van der Waals surface area contributed by atoms with Crippen LogP contribution in [0, 0.1) is 0 Å². The van der Waals surface area contributed by atoms with Gasteiger partial charge in [-0.25, -0.2) is 0 Å². The van der Waals surface area contributed by atoms with Crippen LogP contribution in [0.2, 0.25) is 0 Å². The minimum atomic E-state index is -1.19. The number of halogens is 2. The molecule has 1 amide bonds. The van der Waals surface area contributed by atoms with Gasteiger partial charge >= 0.3 is 0 Å². The molecular formula is C7H11Cl2NO. The first-order valence-electron chi connectivity index (χ1n) is 3.79. The first-order chi connectivity index (χ1) is 5.13. The van der Waals surface area contributed by atoms with Gasteiger partial charge in [0.15, 0.2) is 4.33 Å². The van der Waals surface area contributed by atoms with Crippen molar-refractivity contribution in [3.63, 3.8) is 0 Å². The number of rotatable bonds is 0. The summed E-state index contributed by atoms with van der Waals surface area (Å²) in [5.74, 6) is -0.250. The van der Waals surface area contributed by atoms with Gasteiger partial charge in [-0.05, 0) is 19.3 Å². The van der Waals surface area contributed by atoms with Crippen LogP contribution in [0.1, 0.15) is 25.7 Å². The molecule has 2 nitrogen and oxygen atoms in total. The minimum absolute atomic E-state index is 0.250. The molecule has 4 heteroatoms. The van der Waals surface area contributed by atoms with Gasteiger partial charge in [-0.2, -0.15) is 0 Å². The Hall–Kier alpha value is 0.0500. The van der Waals surface area contributed by atoms with Gasteiger partial charge in [0.05, 0.1) is 0 Å². The van der Waals surface area contributed by atoms with Crippen molar-refractivity contribution < 1.29 is 4.79 Å². The largest absolute Gasteiger partial charge is 0.353 e. The second-order valence-electron chi connectivity index (χ2n) is 2.77. The van der Waals surface area contributed by atoms with Crippen LogP contribution >= 0.6 is 23.2 Å². The molecule has 0 bridgehead atoms. The van der Waals surface area contributed by atoms with E-state index in [1.54, 1.807) is 0 Å². The average Bonchev–Trinajstić information content (AvgIpc) is 1.93. The average molecular weight is 196 g/mol. The zero-order chi connectivity index (χ0) is 8.32. The Balaban J connectivity index is 2.54. The van der Waals surface area contributed by atoms with Gasteiger partial charge in [0.25, 0.3) is 5.91 Å². The fourth-order valence-electron chi connectivity index (χ4n) is 1.09. The SMILES string of the molecule is O=C1NCCCCCC1(Cl)Cl. The monoisotopic (exact) mass is 195 g/mol. The lowest BCUT2D eigenvalue weighted by molar-refractivity contribution is -0.122. The van der Waals surface area contributed by atoms with Crippen molar-refractivity contribution in [1.82, 2.24) is 5.32 Å². The lowest BCUT2D eigenvalue weighted by atomic mass is 10.1. The molecule has 1 fully saturated rings. The van der Waals surface area contributed by atoms with Gasteiger partial charge in [-0.1, -0.05) is 29.6 Å². The second-order valence-corrected chi connectivity index (χ2v) is 4.25. The van der Waals surface area contributed by atoms with E-state index in [0.717, 1.165) is 19.3 Å². The molecule has 0 aromatic heterocycles. The zero-order valence-corrected chi connectivity index (χ0v) is 7.71. The van der Waals surface area contributed by atoms with E-state index in [-0.39, 0.29) is 5.91 Å². The van der Waals surface area contributed by atoms with E-state index < -0.39 is 4.33 Å². The molecule has 0 unspecified atom stereocenters. The topological polar surface area (TPSA) is 29.1 Å². The zero-order valence-electron chi connectivity index (χ0n) is 6.20. The maximum Gasteiger partial charge on any atom is 0.256 e. The number of carbonyl (C=O) groups excluding carboxylic acids is 1. The van der Waals surface area contributed by atoms with E-state index in [0.29, 0.717) is 13.0 Å². The molecular weight excluding hydrogens is 185 g/mol. The number of nitrogens with one attached hydrogen (secondary N) is 1. The van der Waals surface area contributed by atoms with Crippen LogP contribution in [0.25, 0.3) is 0 Å². The molecule has 0 spiro atoms. The van der Waals surface area contributed by atoms with Crippen molar-refractivity contribution in [2.45, 2.75) is 30.0 Å². The molecule has 1 aliphatic heterocycles. The quantitative estimate of drug-likeness (QED) is 0.588. The maximum atomic E-state index is 11.1. The highest BCUT2D eigenvalue weighted by molar-refractivity contribution is 6.58. The highest BCUT2D eigenvalue weighted by atomic mass is 35.5. The van der Waals surface area contributed by atoms with Gasteiger partial charge in [0, 0.05) is 6.54 Å². The van der Waals surface area contributed by atoms with Gasteiger partial charge in [0.1, 0.15) is 0 Å².